The minimum Gasteiger partial charge on any atom is -0.296 e. The van der Waals surface area contributed by atoms with E-state index < -0.39 is 0 Å². The zero-order valence-electron chi connectivity index (χ0n) is 10.7. The first-order valence-electron chi connectivity index (χ1n) is 6.07. The van der Waals surface area contributed by atoms with Crippen LogP contribution in [0.5, 0.6) is 0 Å². The van der Waals surface area contributed by atoms with Crippen LogP contribution in [0.4, 0.5) is 0 Å². The van der Waals surface area contributed by atoms with Crippen molar-refractivity contribution in [2.75, 3.05) is 13.6 Å². The number of benzene rings is 1. The van der Waals surface area contributed by atoms with Gasteiger partial charge in [0, 0.05) is 16.6 Å². The lowest BCUT2D eigenvalue weighted by atomic mass is 10.1. The number of rotatable bonds is 6. The predicted molar refractivity (Wildman–Crippen MR) is 72.8 cm³/mol. The molecule has 0 radical (unpaired) electrons. The van der Waals surface area contributed by atoms with Crippen molar-refractivity contribution >= 4 is 17.4 Å². The van der Waals surface area contributed by atoms with Crippen LogP contribution in [0.25, 0.3) is 0 Å². The fourth-order valence-corrected chi connectivity index (χ4v) is 2.21. The van der Waals surface area contributed by atoms with E-state index in [2.05, 4.69) is 18.7 Å². The number of likely N-dealkylation sites (N-methyl/N-ethyl adjacent to an activating group) is 1. The quantitative estimate of drug-likeness (QED) is 0.722. The highest BCUT2D eigenvalue weighted by atomic mass is 35.5. The number of halogens is 1. The maximum atomic E-state index is 12.0. The second-order valence-electron chi connectivity index (χ2n) is 4.32. The molecular formula is C14H20ClNO. The van der Waals surface area contributed by atoms with Gasteiger partial charge in [0.15, 0.2) is 5.78 Å². The standard InChI is InChI=1S/C14H20ClNO/c1-4-13(5-2)16(3)10-14(17)11-7-6-8-12(15)9-11/h6-9,13H,4-5,10H2,1-3H3. The van der Waals surface area contributed by atoms with E-state index >= 15 is 0 Å². The van der Waals surface area contributed by atoms with E-state index in [1.807, 2.05) is 19.2 Å². The summed E-state index contributed by atoms with van der Waals surface area (Å²) in [7, 11) is 2.00. The highest BCUT2D eigenvalue weighted by Crippen LogP contribution is 2.13. The summed E-state index contributed by atoms with van der Waals surface area (Å²) >= 11 is 5.88. The Morgan fingerprint density at radius 2 is 2.00 bits per heavy atom. The molecule has 0 bridgehead atoms. The van der Waals surface area contributed by atoms with Gasteiger partial charge in [-0.05, 0) is 32.0 Å². The van der Waals surface area contributed by atoms with Gasteiger partial charge in [-0.3, -0.25) is 9.69 Å². The van der Waals surface area contributed by atoms with E-state index in [9.17, 15) is 4.79 Å². The Morgan fingerprint density at radius 3 is 2.53 bits per heavy atom. The molecule has 0 aliphatic rings. The molecular weight excluding hydrogens is 234 g/mol. The second kappa shape index (κ2) is 6.77. The molecule has 0 unspecified atom stereocenters. The Morgan fingerprint density at radius 1 is 1.35 bits per heavy atom. The minimum atomic E-state index is 0.127. The SMILES string of the molecule is CCC(CC)N(C)CC(=O)c1cccc(Cl)c1. The van der Waals surface area contributed by atoms with Crippen LogP contribution in [-0.4, -0.2) is 30.3 Å². The molecule has 1 aromatic rings. The molecule has 0 aliphatic carbocycles. The molecule has 0 fully saturated rings. The fraction of sp³-hybridized carbons (Fsp3) is 0.500. The molecule has 0 aliphatic heterocycles. The summed E-state index contributed by atoms with van der Waals surface area (Å²) in [6.45, 7) is 4.75. The average Bonchev–Trinajstić information content (AvgIpc) is 2.30. The smallest absolute Gasteiger partial charge is 0.176 e. The van der Waals surface area contributed by atoms with Crippen LogP contribution in [0.3, 0.4) is 0 Å². The Bertz CT molecular complexity index is 374. The molecule has 0 amide bonds. The number of carbonyl (C=O) groups is 1. The summed E-state index contributed by atoms with van der Waals surface area (Å²) in [5.41, 5.74) is 0.690. The molecule has 0 saturated heterocycles. The first kappa shape index (κ1) is 14.2. The summed E-state index contributed by atoms with van der Waals surface area (Å²) in [5.74, 6) is 0.127. The van der Waals surface area contributed by atoms with Crippen LogP contribution < -0.4 is 0 Å². The van der Waals surface area contributed by atoms with Crippen molar-refractivity contribution in [3.63, 3.8) is 0 Å². The molecule has 0 heterocycles. The van der Waals surface area contributed by atoms with Crippen LogP contribution >= 0.6 is 11.6 Å². The first-order chi connectivity index (χ1) is 8.08. The molecule has 0 spiro atoms. The van der Waals surface area contributed by atoms with Gasteiger partial charge in [0.05, 0.1) is 6.54 Å². The monoisotopic (exact) mass is 253 g/mol. The maximum absolute atomic E-state index is 12.0. The third kappa shape index (κ3) is 4.14. The van der Waals surface area contributed by atoms with Gasteiger partial charge in [0.2, 0.25) is 0 Å². The largest absolute Gasteiger partial charge is 0.296 e. The van der Waals surface area contributed by atoms with E-state index in [4.69, 9.17) is 11.6 Å². The first-order valence-corrected chi connectivity index (χ1v) is 6.45. The Hall–Kier alpha value is -0.860. The lowest BCUT2D eigenvalue weighted by molar-refractivity contribution is 0.0915. The second-order valence-corrected chi connectivity index (χ2v) is 4.76. The van der Waals surface area contributed by atoms with Gasteiger partial charge in [0.1, 0.15) is 0 Å². The van der Waals surface area contributed by atoms with Crippen molar-refractivity contribution in [2.45, 2.75) is 32.7 Å². The van der Waals surface area contributed by atoms with Crippen molar-refractivity contribution < 1.29 is 4.79 Å². The van der Waals surface area contributed by atoms with Crippen LogP contribution in [0.15, 0.2) is 24.3 Å². The van der Waals surface area contributed by atoms with Crippen molar-refractivity contribution in [1.29, 1.82) is 0 Å². The lowest BCUT2D eigenvalue weighted by Gasteiger charge is -2.25. The normalized spacial score (nSPS) is 11.2. The zero-order chi connectivity index (χ0) is 12.8. The number of ketones is 1. The Labute approximate surface area is 109 Å². The van der Waals surface area contributed by atoms with Crippen molar-refractivity contribution in [3.05, 3.63) is 34.9 Å². The van der Waals surface area contributed by atoms with Crippen molar-refractivity contribution in [1.82, 2.24) is 4.90 Å². The number of hydrogen-bond donors (Lipinski definition) is 0. The Balaban J connectivity index is 2.66. The number of carbonyl (C=O) groups excluding carboxylic acids is 1. The molecule has 2 nitrogen and oxygen atoms in total. The molecule has 0 N–H and O–H groups in total. The van der Waals surface area contributed by atoms with Crippen molar-refractivity contribution in [2.24, 2.45) is 0 Å². The summed E-state index contributed by atoms with van der Waals surface area (Å²) in [6.07, 6.45) is 2.13. The van der Waals surface area contributed by atoms with Gasteiger partial charge < -0.3 is 0 Å². The van der Waals surface area contributed by atoms with Crippen LogP contribution in [0, 0.1) is 0 Å². The van der Waals surface area contributed by atoms with Crippen LogP contribution in [-0.2, 0) is 0 Å². The van der Waals surface area contributed by atoms with Gasteiger partial charge in [-0.2, -0.15) is 0 Å². The Kier molecular flexibility index (Phi) is 5.66. The number of hydrogen-bond acceptors (Lipinski definition) is 2. The summed E-state index contributed by atoms with van der Waals surface area (Å²) in [6, 6.07) is 7.60. The lowest BCUT2D eigenvalue weighted by Crippen LogP contribution is -2.35. The van der Waals surface area contributed by atoms with Gasteiger partial charge in [0.25, 0.3) is 0 Å². The topological polar surface area (TPSA) is 20.3 Å². The van der Waals surface area contributed by atoms with Gasteiger partial charge >= 0.3 is 0 Å². The summed E-state index contributed by atoms with van der Waals surface area (Å²) in [5, 5.41) is 0.612. The van der Waals surface area contributed by atoms with Crippen LogP contribution in [0.1, 0.15) is 37.0 Å². The highest BCUT2D eigenvalue weighted by molar-refractivity contribution is 6.31. The third-order valence-corrected chi connectivity index (χ3v) is 3.34. The van der Waals surface area contributed by atoms with E-state index in [0.29, 0.717) is 23.2 Å². The maximum Gasteiger partial charge on any atom is 0.176 e. The predicted octanol–water partition coefficient (Wildman–Crippen LogP) is 3.64. The molecule has 3 heteroatoms. The number of nitrogens with zero attached hydrogens (tertiary/aromatic N) is 1. The molecule has 0 saturated carbocycles. The molecule has 0 atom stereocenters. The van der Waals surface area contributed by atoms with E-state index in [0.717, 1.165) is 12.8 Å². The number of Topliss-reactive ketones (excluding diaryl/α,β-unsaturated/α-hetero) is 1. The van der Waals surface area contributed by atoms with Gasteiger partial charge in [-0.25, -0.2) is 0 Å². The summed E-state index contributed by atoms with van der Waals surface area (Å²) < 4.78 is 0. The van der Waals surface area contributed by atoms with Crippen molar-refractivity contribution in [3.8, 4) is 0 Å². The van der Waals surface area contributed by atoms with E-state index in [1.54, 1.807) is 12.1 Å². The molecule has 17 heavy (non-hydrogen) atoms. The molecule has 1 aromatic carbocycles. The fourth-order valence-electron chi connectivity index (χ4n) is 2.02. The van der Waals surface area contributed by atoms with E-state index in [1.165, 1.54) is 0 Å². The third-order valence-electron chi connectivity index (χ3n) is 3.11. The van der Waals surface area contributed by atoms with Gasteiger partial charge in [-0.15, -0.1) is 0 Å². The van der Waals surface area contributed by atoms with Gasteiger partial charge in [-0.1, -0.05) is 37.6 Å². The average molecular weight is 254 g/mol. The molecule has 1 rings (SSSR count). The molecule has 0 aromatic heterocycles. The summed E-state index contributed by atoms with van der Waals surface area (Å²) in [4.78, 5) is 14.2. The minimum absolute atomic E-state index is 0.127. The highest BCUT2D eigenvalue weighted by Gasteiger charge is 2.15. The zero-order valence-corrected chi connectivity index (χ0v) is 11.5. The molecule has 94 valence electrons. The van der Waals surface area contributed by atoms with E-state index in [-0.39, 0.29) is 5.78 Å². The van der Waals surface area contributed by atoms with Crippen LogP contribution in [0.2, 0.25) is 5.02 Å².